The van der Waals surface area contributed by atoms with Crippen molar-refractivity contribution in [1.29, 1.82) is 0 Å². The molecule has 2 aromatic carbocycles. The number of benzene rings is 2. The highest BCUT2D eigenvalue weighted by molar-refractivity contribution is 8.16. The van der Waals surface area contributed by atoms with E-state index in [1.807, 2.05) is 31.2 Å². The molecule has 0 saturated carbocycles. The molecule has 0 radical (unpaired) electrons. The van der Waals surface area contributed by atoms with E-state index in [0.29, 0.717) is 16.4 Å². The normalized spacial score (nSPS) is 24.1. The van der Waals surface area contributed by atoms with E-state index in [2.05, 4.69) is 4.99 Å². The second-order valence-corrected chi connectivity index (χ2v) is 10.9. The Morgan fingerprint density at radius 1 is 1.21 bits per heavy atom. The molecule has 0 bridgehead atoms. The Kier molecular flexibility index (Phi) is 5.25. The lowest BCUT2D eigenvalue weighted by atomic mass is 10.1. The number of thioether (sulfide) groups is 1. The molecule has 2 heterocycles. The molecule has 2 aromatic rings. The summed E-state index contributed by atoms with van der Waals surface area (Å²) < 4.78 is 38.4. The van der Waals surface area contributed by atoms with Crippen LogP contribution in [0.4, 0.5) is 10.1 Å². The number of amidine groups is 1. The van der Waals surface area contributed by atoms with Gasteiger partial charge in [-0.15, -0.1) is 0 Å². The quantitative estimate of drug-likeness (QED) is 0.745. The molecule has 4 rings (SSSR count). The molecule has 152 valence electrons. The monoisotopic (exact) mass is 432 g/mol. The van der Waals surface area contributed by atoms with Crippen molar-refractivity contribution >= 4 is 38.4 Å². The summed E-state index contributed by atoms with van der Waals surface area (Å²) >= 11 is 1.29. The Morgan fingerprint density at radius 2 is 2.00 bits per heavy atom. The van der Waals surface area contributed by atoms with Crippen LogP contribution in [0.2, 0.25) is 0 Å². The van der Waals surface area contributed by atoms with Gasteiger partial charge in [0.2, 0.25) is 0 Å². The molecule has 0 aromatic heterocycles. The standard InChI is InChI=1S/C21H21FN2O3S2/c1-13-4-3-5-15(8-13)9-20(25)23-21-24(16-7-6-14(2)17(22)10-16)18-11-29(26,27)12-19(18)28-21/h3-8,10,18-19H,9,11-12H2,1-2H3. The number of aliphatic imine (C=N–C) groups is 1. The Bertz CT molecular complexity index is 1110. The first kappa shape index (κ1) is 20.1. The molecule has 2 saturated heterocycles. The summed E-state index contributed by atoms with van der Waals surface area (Å²) in [5, 5.41) is 0.227. The highest BCUT2D eigenvalue weighted by atomic mass is 32.2. The topological polar surface area (TPSA) is 66.8 Å². The van der Waals surface area contributed by atoms with E-state index < -0.39 is 9.84 Å². The SMILES string of the molecule is Cc1cccc(CC(=O)N=C2SC3CS(=O)(=O)CC3N2c2ccc(C)c(F)c2)c1. The fourth-order valence-electron chi connectivity index (χ4n) is 3.74. The predicted molar refractivity (Wildman–Crippen MR) is 115 cm³/mol. The van der Waals surface area contributed by atoms with Crippen molar-refractivity contribution in [3.05, 3.63) is 65.0 Å². The number of rotatable bonds is 3. The summed E-state index contributed by atoms with van der Waals surface area (Å²) in [6.45, 7) is 3.63. The van der Waals surface area contributed by atoms with Crippen molar-refractivity contribution in [1.82, 2.24) is 0 Å². The first-order valence-corrected chi connectivity index (χ1v) is 12.0. The highest BCUT2D eigenvalue weighted by Gasteiger charge is 2.49. The number of hydrogen-bond donors (Lipinski definition) is 0. The fraction of sp³-hybridized carbons (Fsp3) is 0.333. The number of amides is 1. The zero-order valence-corrected chi connectivity index (χ0v) is 17.8. The number of carbonyl (C=O) groups is 1. The minimum atomic E-state index is -3.17. The van der Waals surface area contributed by atoms with E-state index in [-0.39, 0.29) is 40.9 Å². The molecule has 0 N–H and O–H groups in total. The first-order chi connectivity index (χ1) is 13.7. The van der Waals surface area contributed by atoms with E-state index in [9.17, 15) is 17.6 Å². The van der Waals surface area contributed by atoms with E-state index in [1.54, 1.807) is 24.0 Å². The lowest BCUT2D eigenvalue weighted by Gasteiger charge is -2.24. The number of anilines is 1. The van der Waals surface area contributed by atoms with Gasteiger partial charge >= 0.3 is 0 Å². The van der Waals surface area contributed by atoms with Crippen molar-refractivity contribution in [2.75, 3.05) is 16.4 Å². The van der Waals surface area contributed by atoms with Gasteiger partial charge in [-0.25, -0.2) is 12.8 Å². The summed E-state index contributed by atoms with van der Waals surface area (Å²) in [5.74, 6) is -0.662. The van der Waals surface area contributed by atoms with Gasteiger partial charge in [-0.2, -0.15) is 4.99 Å². The molecule has 29 heavy (non-hydrogen) atoms. The molecular weight excluding hydrogens is 411 g/mol. The maximum Gasteiger partial charge on any atom is 0.252 e. The van der Waals surface area contributed by atoms with Crippen molar-refractivity contribution in [3.8, 4) is 0 Å². The molecule has 0 aliphatic carbocycles. The lowest BCUT2D eigenvalue weighted by molar-refractivity contribution is -0.117. The predicted octanol–water partition coefficient (Wildman–Crippen LogP) is 3.29. The highest BCUT2D eigenvalue weighted by Crippen LogP contribution is 2.41. The minimum Gasteiger partial charge on any atom is -0.315 e. The van der Waals surface area contributed by atoms with Crippen LogP contribution < -0.4 is 4.90 Å². The molecular formula is C21H21FN2O3S2. The van der Waals surface area contributed by atoms with Crippen LogP contribution in [0.3, 0.4) is 0 Å². The molecule has 5 nitrogen and oxygen atoms in total. The van der Waals surface area contributed by atoms with Crippen LogP contribution in [0.1, 0.15) is 16.7 Å². The van der Waals surface area contributed by atoms with Gasteiger partial charge in [-0.1, -0.05) is 47.7 Å². The van der Waals surface area contributed by atoms with E-state index in [4.69, 9.17) is 0 Å². The number of hydrogen-bond acceptors (Lipinski definition) is 4. The summed E-state index contributed by atoms with van der Waals surface area (Å²) in [6.07, 6.45) is 0.162. The molecule has 1 amide bonds. The third-order valence-corrected chi connectivity index (χ3v) is 8.37. The van der Waals surface area contributed by atoms with Crippen molar-refractivity contribution in [2.45, 2.75) is 31.6 Å². The Balaban J connectivity index is 1.66. The molecule has 2 aliphatic rings. The Morgan fingerprint density at radius 3 is 2.72 bits per heavy atom. The largest absolute Gasteiger partial charge is 0.315 e. The van der Waals surface area contributed by atoms with Gasteiger partial charge in [0.25, 0.3) is 5.91 Å². The van der Waals surface area contributed by atoms with Crippen LogP contribution >= 0.6 is 11.8 Å². The number of sulfone groups is 1. The zero-order valence-electron chi connectivity index (χ0n) is 16.1. The maximum atomic E-state index is 14.2. The van der Waals surface area contributed by atoms with Crippen LogP contribution in [0.5, 0.6) is 0 Å². The smallest absolute Gasteiger partial charge is 0.252 e. The average molecular weight is 433 g/mol. The van der Waals surface area contributed by atoms with Crippen molar-refractivity contribution in [3.63, 3.8) is 0 Å². The molecule has 2 fully saturated rings. The lowest BCUT2D eigenvalue weighted by Crippen LogP contribution is -2.37. The van der Waals surface area contributed by atoms with Crippen LogP contribution in [0.15, 0.2) is 47.5 Å². The number of carbonyl (C=O) groups excluding carboxylic acids is 1. The summed E-state index contributed by atoms with van der Waals surface area (Å²) in [4.78, 5) is 18.6. The minimum absolute atomic E-state index is 0.0226. The number of aryl methyl sites for hydroxylation is 2. The molecule has 2 aliphatic heterocycles. The fourth-order valence-corrected chi connectivity index (χ4v) is 7.67. The summed E-state index contributed by atoms with van der Waals surface area (Å²) in [5.41, 5.74) is 2.96. The van der Waals surface area contributed by atoms with Crippen molar-refractivity contribution < 1.29 is 17.6 Å². The molecule has 0 spiro atoms. The average Bonchev–Trinajstić information content (AvgIpc) is 3.08. The van der Waals surface area contributed by atoms with E-state index >= 15 is 0 Å². The molecule has 8 heteroatoms. The van der Waals surface area contributed by atoms with E-state index in [1.165, 1.54) is 17.8 Å². The van der Waals surface area contributed by atoms with Crippen LogP contribution in [0.25, 0.3) is 0 Å². The molecule has 2 atom stereocenters. The summed E-state index contributed by atoms with van der Waals surface area (Å²) in [6, 6.07) is 12.1. The van der Waals surface area contributed by atoms with Gasteiger partial charge in [0.15, 0.2) is 15.0 Å². The summed E-state index contributed by atoms with van der Waals surface area (Å²) in [7, 11) is -3.17. The second-order valence-electron chi connectivity index (χ2n) is 7.56. The number of nitrogens with zero attached hydrogens (tertiary/aromatic N) is 2. The molecule has 2 unspecified atom stereocenters. The van der Waals surface area contributed by atoms with Gasteiger partial charge in [-0.3, -0.25) is 4.79 Å². The number of halogens is 1. The van der Waals surface area contributed by atoms with Crippen LogP contribution in [-0.2, 0) is 21.1 Å². The van der Waals surface area contributed by atoms with Gasteiger partial charge in [0, 0.05) is 10.9 Å². The van der Waals surface area contributed by atoms with Crippen molar-refractivity contribution in [2.24, 2.45) is 4.99 Å². The zero-order chi connectivity index (χ0) is 20.8. The number of fused-ring (bicyclic) bond motifs is 1. The van der Waals surface area contributed by atoms with Gasteiger partial charge < -0.3 is 4.90 Å². The van der Waals surface area contributed by atoms with Gasteiger partial charge in [0.05, 0.1) is 24.0 Å². The third kappa shape index (κ3) is 4.23. The third-order valence-electron chi connectivity index (χ3n) is 5.16. The van der Waals surface area contributed by atoms with Crippen LogP contribution in [-0.4, -0.2) is 42.3 Å². The first-order valence-electron chi connectivity index (χ1n) is 9.31. The van der Waals surface area contributed by atoms with Crippen LogP contribution in [0, 0.1) is 19.7 Å². The second kappa shape index (κ2) is 7.57. The Hall–Kier alpha value is -2.19. The van der Waals surface area contributed by atoms with Gasteiger partial charge in [-0.05, 0) is 37.1 Å². The van der Waals surface area contributed by atoms with Gasteiger partial charge in [0.1, 0.15) is 5.82 Å². The Labute approximate surface area is 173 Å². The maximum absolute atomic E-state index is 14.2. The van der Waals surface area contributed by atoms with E-state index in [0.717, 1.165) is 11.1 Å².